The minimum Gasteiger partial charge on any atom is -0.497 e. The third-order valence-electron chi connectivity index (χ3n) is 2.61. The fourth-order valence-electron chi connectivity index (χ4n) is 1.35. The molecule has 4 heteroatoms. The molecular formula is C12H15ClN2O. The molecule has 16 heavy (non-hydrogen) atoms. The van der Waals surface area contributed by atoms with E-state index in [1.54, 1.807) is 39.2 Å². The lowest BCUT2D eigenvalue weighted by Crippen LogP contribution is -2.28. The smallest absolute Gasteiger partial charge is 0.120 e. The van der Waals surface area contributed by atoms with Gasteiger partial charge in [-0.3, -0.25) is 0 Å². The standard InChI is InChI=1S/C12H15ClN2O/c1-12(2,7-14)11(15)9-5-4-8(16-3)6-10(9)13/h4-6,11H,15H2,1-3H3. The van der Waals surface area contributed by atoms with E-state index >= 15 is 0 Å². The van der Waals surface area contributed by atoms with E-state index in [1.165, 1.54) is 0 Å². The first-order chi connectivity index (χ1) is 7.42. The second kappa shape index (κ2) is 4.73. The van der Waals surface area contributed by atoms with Crippen molar-refractivity contribution in [1.82, 2.24) is 0 Å². The Balaban J connectivity index is 3.11. The highest BCUT2D eigenvalue weighted by Gasteiger charge is 2.29. The van der Waals surface area contributed by atoms with Crippen LogP contribution in [-0.2, 0) is 0 Å². The number of hydrogen-bond acceptors (Lipinski definition) is 3. The van der Waals surface area contributed by atoms with Crippen LogP contribution < -0.4 is 10.5 Å². The van der Waals surface area contributed by atoms with Crippen LogP contribution in [-0.4, -0.2) is 7.11 Å². The van der Waals surface area contributed by atoms with Crippen LogP contribution >= 0.6 is 11.6 Å². The van der Waals surface area contributed by atoms with Crippen LogP contribution in [0.3, 0.4) is 0 Å². The molecular weight excluding hydrogens is 224 g/mol. The maximum absolute atomic E-state index is 9.02. The number of methoxy groups -OCH3 is 1. The minimum atomic E-state index is -0.655. The Morgan fingerprint density at radius 2 is 2.12 bits per heavy atom. The summed E-state index contributed by atoms with van der Waals surface area (Å²) in [5, 5.41) is 9.54. The van der Waals surface area contributed by atoms with Gasteiger partial charge in [-0.25, -0.2) is 0 Å². The fraction of sp³-hybridized carbons (Fsp3) is 0.417. The molecule has 1 atom stereocenters. The van der Waals surface area contributed by atoms with Gasteiger partial charge in [0.05, 0.1) is 18.6 Å². The first-order valence-corrected chi connectivity index (χ1v) is 5.30. The average Bonchev–Trinajstić information content (AvgIpc) is 2.28. The molecule has 1 aromatic carbocycles. The monoisotopic (exact) mass is 238 g/mol. The van der Waals surface area contributed by atoms with Gasteiger partial charge in [-0.15, -0.1) is 0 Å². The van der Waals surface area contributed by atoms with E-state index in [4.69, 9.17) is 27.3 Å². The summed E-state index contributed by atoms with van der Waals surface area (Å²) >= 11 is 6.10. The molecule has 0 aliphatic carbocycles. The predicted molar refractivity (Wildman–Crippen MR) is 64.3 cm³/mol. The fourth-order valence-corrected chi connectivity index (χ4v) is 1.63. The van der Waals surface area contributed by atoms with Crippen LogP contribution in [0.15, 0.2) is 18.2 Å². The molecule has 0 spiro atoms. The van der Waals surface area contributed by atoms with Gasteiger partial charge in [0.2, 0.25) is 0 Å². The van der Waals surface area contributed by atoms with Crippen molar-refractivity contribution in [3.8, 4) is 11.8 Å². The Bertz CT molecular complexity index is 424. The Morgan fingerprint density at radius 1 is 1.50 bits per heavy atom. The predicted octanol–water partition coefficient (Wildman–Crippen LogP) is 2.90. The van der Waals surface area contributed by atoms with E-state index in [2.05, 4.69) is 6.07 Å². The van der Waals surface area contributed by atoms with Crippen LogP contribution in [0.2, 0.25) is 5.02 Å². The molecule has 0 bridgehead atoms. The van der Waals surface area contributed by atoms with Gasteiger partial charge in [-0.05, 0) is 31.5 Å². The lowest BCUT2D eigenvalue weighted by Gasteiger charge is -2.25. The first kappa shape index (κ1) is 12.8. The van der Waals surface area contributed by atoms with Gasteiger partial charge in [-0.2, -0.15) is 5.26 Å². The summed E-state index contributed by atoms with van der Waals surface area (Å²) in [6.45, 7) is 3.58. The zero-order valence-electron chi connectivity index (χ0n) is 9.62. The van der Waals surface area contributed by atoms with Gasteiger partial charge in [-0.1, -0.05) is 17.7 Å². The van der Waals surface area contributed by atoms with Crippen molar-refractivity contribution in [3.05, 3.63) is 28.8 Å². The molecule has 2 N–H and O–H groups in total. The molecule has 1 unspecified atom stereocenters. The van der Waals surface area contributed by atoms with Gasteiger partial charge < -0.3 is 10.5 Å². The van der Waals surface area contributed by atoms with Crippen LogP contribution in [0.25, 0.3) is 0 Å². The number of nitrogens with zero attached hydrogens (tertiary/aromatic N) is 1. The summed E-state index contributed by atoms with van der Waals surface area (Å²) in [6, 6.07) is 7.04. The molecule has 0 radical (unpaired) electrons. The molecule has 86 valence electrons. The maximum atomic E-state index is 9.02. The highest BCUT2D eigenvalue weighted by atomic mass is 35.5. The molecule has 3 nitrogen and oxygen atoms in total. The Labute approximate surface area is 101 Å². The maximum Gasteiger partial charge on any atom is 0.120 e. The summed E-state index contributed by atoms with van der Waals surface area (Å²) in [5.74, 6) is 0.677. The Kier molecular flexibility index (Phi) is 3.79. The summed E-state index contributed by atoms with van der Waals surface area (Å²) in [6.07, 6.45) is 0. The lowest BCUT2D eigenvalue weighted by atomic mass is 9.82. The van der Waals surface area contributed by atoms with Crippen molar-refractivity contribution in [2.24, 2.45) is 11.1 Å². The molecule has 0 amide bonds. The molecule has 0 saturated heterocycles. The number of halogens is 1. The van der Waals surface area contributed by atoms with Gasteiger partial charge in [0.15, 0.2) is 0 Å². The van der Waals surface area contributed by atoms with Crippen LogP contribution in [0.5, 0.6) is 5.75 Å². The summed E-state index contributed by atoms with van der Waals surface area (Å²) in [7, 11) is 1.57. The van der Waals surface area contributed by atoms with Crippen molar-refractivity contribution in [3.63, 3.8) is 0 Å². The number of benzene rings is 1. The number of ether oxygens (including phenoxy) is 1. The average molecular weight is 239 g/mol. The second-order valence-electron chi connectivity index (χ2n) is 4.20. The lowest BCUT2D eigenvalue weighted by molar-refractivity contribution is 0.391. The van der Waals surface area contributed by atoms with E-state index in [9.17, 15) is 0 Å². The Morgan fingerprint density at radius 3 is 2.56 bits per heavy atom. The van der Waals surface area contributed by atoms with E-state index < -0.39 is 11.5 Å². The normalized spacial score (nSPS) is 13.0. The van der Waals surface area contributed by atoms with Crippen molar-refractivity contribution in [1.29, 1.82) is 5.26 Å². The number of rotatable bonds is 3. The minimum absolute atomic E-state index is 0.420. The second-order valence-corrected chi connectivity index (χ2v) is 4.61. The van der Waals surface area contributed by atoms with Gasteiger partial charge in [0, 0.05) is 11.1 Å². The number of hydrogen-bond donors (Lipinski definition) is 1. The molecule has 0 aliphatic heterocycles. The highest BCUT2D eigenvalue weighted by Crippen LogP contribution is 2.35. The van der Waals surface area contributed by atoms with Crippen molar-refractivity contribution < 1.29 is 4.74 Å². The van der Waals surface area contributed by atoms with Crippen molar-refractivity contribution >= 4 is 11.6 Å². The van der Waals surface area contributed by atoms with E-state index in [0.717, 1.165) is 5.56 Å². The van der Waals surface area contributed by atoms with E-state index in [-0.39, 0.29) is 0 Å². The number of nitriles is 1. The first-order valence-electron chi connectivity index (χ1n) is 4.92. The zero-order valence-corrected chi connectivity index (χ0v) is 10.4. The summed E-state index contributed by atoms with van der Waals surface area (Å²) in [4.78, 5) is 0. The zero-order chi connectivity index (χ0) is 12.3. The Hall–Kier alpha value is -1.24. The van der Waals surface area contributed by atoms with Crippen LogP contribution in [0, 0.1) is 16.7 Å². The van der Waals surface area contributed by atoms with Crippen molar-refractivity contribution in [2.45, 2.75) is 19.9 Å². The van der Waals surface area contributed by atoms with E-state index in [1.807, 2.05) is 0 Å². The molecule has 0 saturated carbocycles. The quantitative estimate of drug-likeness (QED) is 0.881. The van der Waals surface area contributed by atoms with Crippen LogP contribution in [0.4, 0.5) is 0 Å². The molecule has 0 aliphatic rings. The van der Waals surface area contributed by atoms with Gasteiger partial charge in [0.25, 0.3) is 0 Å². The van der Waals surface area contributed by atoms with Crippen molar-refractivity contribution in [2.75, 3.05) is 7.11 Å². The molecule has 1 aromatic rings. The third-order valence-corrected chi connectivity index (χ3v) is 2.94. The van der Waals surface area contributed by atoms with Gasteiger partial charge >= 0.3 is 0 Å². The van der Waals surface area contributed by atoms with Crippen LogP contribution in [0.1, 0.15) is 25.5 Å². The SMILES string of the molecule is COc1ccc(C(N)C(C)(C)C#N)c(Cl)c1. The third kappa shape index (κ3) is 2.46. The highest BCUT2D eigenvalue weighted by molar-refractivity contribution is 6.31. The number of nitrogens with two attached hydrogens (primary N) is 1. The molecule has 0 fully saturated rings. The topological polar surface area (TPSA) is 59.0 Å². The summed E-state index contributed by atoms with van der Waals surface area (Å²) in [5.41, 5.74) is 6.13. The molecule has 1 rings (SSSR count). The van der Waals surface area contributed by atoms with Gasteiger partial charge in [0.1, 0.15) is 5.75 Å². The van der Waals surface area contributed by atoms with E-state index in [0.29, 0.717) is 10.8 Å². The largest absolute Gasteiger partial charge is 0.497 e. The summed E-state index contributed by atoms with van der Waals surface area (Å²) < 4.78 is 5.05. The molecule has 0 aromatic heterocycles. The molecule has 0 heterocycles.